The number of nitrogens with zero attached hydrogens (tertiary/aromatic N) is 1. The smallest absolute Gasteiger partial charge is 0.252 e. The molecule has 4 aromatic rings. The number of benzene rings is 4. The Hall–Kier alpha value is -4.05. The van der Waals surface area contributed by atoms with Crippen LogP contribution in [0.25, 0.3) is 0 Å². The summed E-state index contributed by atoms with van der Waals surface area (Å²) in [7, 11) is 8.21. The van der Waals surface area contributed by atoms with Gasteiger partial charge in [0.05, 0.1) is 39.4 Å². The van der Waals surface area contributed by atoms with Gasteiger partial charge in [0.2, 0.25) is 0 Å². The van der Waals surface area contributed by atoms with Gasteiger partial charge in [-0.05, 0) is 105 Å². The molecule has 8 nitrogen and oxygen atoms in total. The summed E-state index contributed by atoms with van der Waals surface area (Å²) in [5.41, 5.74) is 13.7. The number of phenols is 1. The van der Waals surface area contributed by atoms with Crippen LogP contribution in [-0.2, 0) is 11.8 Å². The number of amides is 1. The first-order chi connectivity index (χ1) is 24.9. The van der Waals surface area contributed by atoms with Crippen molar-refractivity contribution in [3.05, 3.63) is 136 Å². The number of nitrogens with two attached hydrogens (primary N) is 1. The molecule has 3 aliphatic rings. The number of likely N-dealkylation sites (N-methyl/N-ethyl adjacent to an activating group) is 1. The quantitative estimate of drug-likeness (QED) is 0.0702. The van der Waals surface area contributed by atoms with Crippen molar-refractivity contribution >= 4 is 5.91 Å². The monoisotopic (exact) mass is 709 g/mol. The first kappa shape index (κ1) is 40.7. The van der Waals surface area contributed by atoms with Crippen LogP contribution in [0.5, 0.6) is 5.75 Å². The third-order valence-corrected chi connectivity index (χ3v) is 10.4. The third-order valence-electron chi connectivity index (χ3n) is 10.4. The van der Waals surface area contributed by atoms with E-state index in [4.69, 9.17) is 10.8 Å². The normalized spacial score (nSPS) is 18.1. The van der Waals surface area contributed by atoms with E-state index in [2.05, 4.69) is 106 Å². The number of hydrogen-bond acceptors (Lipinski definition) is 6. The van der Waals surface area contributed by atoms with Gasteiger partial charge in [-0.3, -0.25) is 4.79 Å². The summed E-state index contributed by atoms with van der Waals surface area (Å²) >= 11 is 0. The predicted molar refractivity (Wildman–Crippen MR) is 212 cm³/mol. The molecular weight excluding hydrogens is 649 g/mol. The Morgan fingerprint density at radius 1 is 0.942 bits per heavy atom. The van der Waals surface area contributed by atoms with Crippen molar-refractivity contribution in [3.8, 4) is 5.75 Å². The molecule has 2 bridgehead atoms. The van der Waals surface area contributed by atoms with E-state index < -0.39 is 12.0 Å². The summed E-state index contributed by atoms with van der Waals surface area (Å²) in [4.78, 5) is 11.2. The molecule has 7 N–H and O–H groups in total. The zero-order valence-corrected chi connectivity index (χ0v) is 31.8. The van der Waals surface area contributed by atoms with Crippen molar-refractivity contribution in [2.75, 3.05) is 54.4 Å². The van der Waals surface area contributed by atoms with Gasteiger partial charge in [-0.1, -0.05) is 84.9 Å². The fraction of sp³-hybridized carbons (Fsp3) is 0.432. The van der Waals surface area contributed by atoms with Crippen LogP contribution in [0.4, 0.5) is 0 Å². The average Bonchev–Trinajstić information content (AvgIpc) is 3.14. The minimum atomic E-state index is -0.775. The lowest BCUT2D eigenvalue weighted by Gasteiger charge is -2.50. The summed E-state index contributed by atoms with van der Waals surface area (Å²) in [5, 5.41) is 34.8. The zero-order valence-electron chi connectivity index (χ0n) is 31.8. The van der Waals surface area contributed by atoms with Gasteiger partial charge in [0.25, 0.3) is 5.91 Å². The first-order valence-corrected chi connectivity index (χ1v) is 18.7. The summed E-state index contributed by atoms with van der Waals surface area (Å²) in [5.74, 6) is -0.267. The molecule has 1 amide bonds. The molecule has 0 radical (unpaired) electrons. The van der Waals surface area contributed by atoms with Crippen LogP contribution in [0.1, 0.15) is 94.8 Å². The van der Waals surface area contributed by atoms with Crippen LogP contribution in [0.15, 0.2) is 97.1 Å². The molecular formula is C44H61N4O4+. The van der Waals surface area contributed by atoms with Gasteiger partial charge >= 0.3 is 0 Å². The van der Waals surface area contributed by atoms with Crippen molar-refractivity contribution in [2.45, 2.75) is 68.9 Å². The molecule has 0 heterocycles. The molecule has 7 rings (SSSR count). The molecule has 2 unspecified atom stereocenters. The number of primary amides is 1. The van der Waals surface area contributed by atoms with Crippen LogP contribution < -0.4 is 16.4 Å². The van der Waals surface area contributed by atoms with Gasteiger partial charge in [0.15, 0.2) is 0 Å². The van der Waals surface area contributed by atoms with Gasteiger partial charge in [-0.15, -0.1) is 0 Å². The largest absolute Gasteiger partial charge is 0.507 e. The third kappa shape index (κ3) is 10.7. The molecule has 0 aromatic heterocycles. The SMILES string of the molecule is CC(CCc1ccccc1)NCC(O)c1ccc(O)c(C(N)=O)c1.CNCCCC12CCC(c3ccccc31)c1ccccc12.C[N+](C)(C)CCO. The Kier molecular flexibility index (Phi) is 15.0. The summed E-state index contributed by atoms with van der Waals surface area (Å²) < 4.78 is 0.844. The van der Waals surface area contributed by atoms with Crippen molar-refractivity contribution in [1.82, 2.24) is 10.6 Å². The second-order valence-electron chi connectivity index (χ2n) is 15.3. The number of rotatable bonds is 14. The van der Waals surface area contributed by atoms with Gasteiger partial charge in [0.1, 0.15) is 12.3 Å². The number of aliphatic hydroxyl groups is 2. The molecule has 4 aromatic carbocycles. The van der Waals surface area contributed by atoms with Crippen LogP contribution in [-0.4, -0.2) is 86.2 Å². The number of quaternary nitrogens is 1. The van der Waals surface area contributed by atoms with Crippen molar-refractivity contribution < 1.29 is 24.6 Å². The standard InChI is InChI=1S/C20H23N.C19H24N2O3.C5H14NO/c1-21-14-6-12-20-13-11-15(16-7-2-4-9-18(16)20)17-8-3-5-10-19(17)20;1-13(7-8-14-5-3-2-4-6-14)21-12-18(23)15-9-10-17(22)16(11-15)19(20)24;1-6(2,3)4-5-7/h2-5,7-10,15,21H,6,11-14H2,1H3;2-6,9-11,13,18,21-23H,7-8,12H2,1H3,(H2,20,24);7H,4-5H2,1-3H3/q;;+1. The fourth-order valence-corrected chi connectivity index (χ4v) is 7.54. The van der Waals surface area contributed by atoms with E-state index >= 15 is 0 Å². The Morgan fingerprint density at radius 3 is 2.12 bits per heavy atom. The molecule has 0 saturated heterocycles. The fourth-order valence-electron chi connectivity index (χ4n) is 7.54. The van der Waals surface area contributed by atoms with E-state index in [1.807, 2.05) is 18.2 Å². The Balaban J connectivity index is 0.000000198. The zero-order chi connectivity index (χ0) is 37.7. The maximum absolute atomic E-state index is 11.2. The summed E-state index contributed by atoms with van der Waals surface area (Å²) in [6, 6.07) is 33.3. The van der Waals surface area contributed by atoms with Gasteiger partial charge in [0, 0.05) is 23.9 Å². The molecule has 52 heavy (non-hydrogen) atoms. The first-order valence-electron chi connectivity index (χ1n) is 18.7. The van der Waals surface area contributed by atoms with Crippen LogP contribution in [0, 0.1) is 0 Å². The highest BCUT2D eigenvalue weighted by Crippen LogP contribution is 2.57. The number of nitrogens with one attached hydrogen (secondary N) is 2. The number of carbonyl (C=O) groups is 1. The van der Waals surface area contributed by atoms with Gasteiger partial charge < -0.3 is 36.2 Å². The van der Waals surface area contributed by atoms with E-state index in [1.54, 1.807) is 28.3 Å². The van der Waals surface area contributed by atoms with E-state index in [-0.39, 0.29) is 29.4 Å². The van der Waals surface area contributed by atoms with Crippen molar-refractivity contribution in [1.29, 1.82) is 0 Å². The number of fused-ring (bicyclic) bond motifs is 1. The second-order valence-corrected chi connectivity index (χ2v) is 15.3. The minimum Gasteiger partial charge on any atom is -0.507 e. The van der Waals surface area contributed by atoms with E-state index in [0.717, 1.165) is 30.4 Å². The number of aliphatic hydroxyl groups excluding tert-OH is 2. The molecule has 0 spiro atoms. The number of carbonyl (C=O) groups excluding carboxylic acids is 1. The Labute approximate surface area is 311 Å². The van der Waals surface area contributed by atoms with Gasteiger partial charge in [-0.2, -0.15) is 0 Å². The lowest BCUT2D eigenvalue weighted by atomic mass is 9.54. The summed E-state index contributed by atoms with van der Waals surface area (Å²) in [6.45, 7) is 4.65. The van der Waals surface area contributed by atoms with Gasteiger partial charge in [-0.25, -0.2) is 0 Å². The molecule has 0 fully saturated rings. The van der Waals surface area contributed by atoms with E-state index in [1.165, 1.54) is 43.4 Å². The minimum absolute atomic E-state index is 0.0173. The topological polar surface area (TPSA) is 128 Å². The average molecular weight is 710 g/mol. The Morgan fingerprint density at radius 2 is 1.56 bits per heavy atom. The number of aromatic hydroxyl groups is 1. The molecule has 3 aliphatic carbocycles. The van der Waals surface area contributed by atoms with Crippen LogP contribution in [0.2, 0.25) is 0 Å². The summed E-state index contributed by atoms with van der Waals surface area (Å²) in [6.07, 6.45) is 6.28. The predicted octanol–water partition coefficient (Wildman–Crippen LogP) is 6.03. The maximum Gasteiger partial charge on any atom is 0.252 e. The number of aryl methyl sites for hydroxylation is 1. The maximum atomic E-state index is 11.2. The molecule has 280 valence electrons. The lowest BCUT2D eigenvalue weighted by Crippen LogP contribution is -2.40. The highest BCUT2D eigenvalue weighted by Gasteiger charge is 2.47. The van der Waals surface area contributed by atoms with Crippen molar-refractivity contribution in [3.63, 3.8) is 0 Å². The molecule has 0 saturated carbocycles. The highest BCUT2D eigenvalue weighted by atomic mass is 16.3. The highest BCUT2D eigenvalue weighted by molar-refractivity contribution is 5.95. The Bertz CT molecular complexity index is 1660. The molecule has 0 aliphatic heterocycles. The molecule has 2 atom stereocenters. The lowest BCUT2D eigenvalue weighted by molar-refractivity contribution is -0.870. The van der Waals surface area contributed by atoms with E-state index in [9.17, 15) is 15.0 Å². The second kappa shape index (κ2) is 19.1. The molecule has 8 heteroatoms. The number of hydrogen-bond donors (Lipinski definition) is 6. The van der Waals surface area contributed by atoms with Crippen LogP contribution >= 0.6 is 0 Å². The van der Waals surface area contributed by atoms with Crippen LogP contribution in [0.3, 0.4) is 0 Å². The van der Waals surface area contributed by atoms with Crippen molar-refractivity contribution in [2.24, 2.45) is 5.73 Å². The van der Waals surface area contributed by atoms with E-state index in [0.29, 0.717) is 18.0 Å².